The van der Waals surface area contributed by atoms with E-state index in [0.29, 0.717) is 0 Å². The highest BCUT2D eigenvalue weighted by Gasteiger charge is 2.12. The highest BCUT2D eigenvalue weighted by molar-refractivity contribution is 7.98. The predicted octanol–water partition coefficient (Wildman–Crippen LogP) is 3.25. The van der Waals surface area contributed by atoms with E-state index in [2.05, 4.69) is 28.9 Å². The van der Waals surface area contributed by atoms with Crippen LogP contribution in [0.4, 0.5) is 0 Å². The minimum atomic E-state index is 0.771. The lowest BCUT2D eigenvalue weighted by atomic mass is 10.2. The number of hydrogen-bond acceptors (Lipinski definition) is 5. The highest BCUT2D eigenvalue weighted by atomic mass is 32.2. The monoisotopic (exact) mass is 276 g/mol. The molecular weight excluding hydrogens is 264 g/mol. The Morgan fingerprint density at radius 1 is 1.33 bits per heavy atom. The second kappa shape index (κ2) is 4.70. The van der Waals surface area contributed by atoms with Crippen molar-refractivity contribution in [3.8, 4) is 0 Å². The van der Waals surface area contributed by atoms with Crippen LogP contribution < -0.4 is 0 Å². The topological polar surface area (TPSA) is 43.6 Å². The zero-order valence-corrected chi connectivity index (χ0v) is 11.8. The zero-order chi connectivity index (χ0) is 12.5. The van der Waals surface area contributed by atoms with Gasteiger partial charge in [-0.15, -0.1) is 11.3 Å². The first-order valence-corrected chi connectivity index (χ1v) is 7.37. The molecule has 0 radical (unpaired) electrons. The molecule has 3 aromatic heterocycles. The Labute approximate surface area is 113 Å². The molecule has 18 heavy (non-hydrogen) atoms. The number of thiophene rings is 1. The van der Waals surface area contributed by atoms with Gasteiger partial charge in [-0.2, -0.15) is 5.10 Å². The van der Waals surface area contributed by atoms with E-state index in [0.717, 1.165) is 15.7 Å². The summed E-state index contributed by atoms with van der Waals surface area (Å²) >= 11 is 3.42. The van der Waals surface area contributed by atoms with E-state index in [-0.39, 0.29) is 0 Å². The third kappa shape index (κ3) is 2.02. The van der Waals surface area contributed by atoms with Gasteiger partial charge in [0.05, 0.1) is 5.88 Å². The summed E-state index contributed by atoms with van der Waals surface area (Å²) in [5, 5.41) is 6.43. The van der Waals surface area contributed by atoms with Gasteiger partial charge in [-0.25, -0.2) is 9.97 Å². The van der Waals surface area contributed by atoms with Crippen molar-refractivity contribution in [3.63, 3.8) is 0 Å². The van der Waals surface area contributed by atoms with Gasteiger partial charge >= 0.3 is 0 Å². The second-order valence-corrected chi connectivity index (χ2v) is 6.10. The number of aryl methyl sites for hydroxylation is 2. The third-order valence-electron chi connectivity index (χ3n) is 2.82. The van der Waals surface area contributed by atoms with Crippen LogP contribution in [0.2, 0.25) is 0 Å². The van der Waals surface area contributed by atoms with Gasteiger partial charge in [0.25, 0.3) is 0 Å². The van der Waals surface area contributed by atoms with Gasteiger partial charge in [0.15, 0.2) is 0 Å². The summed E-state index contributed by atoms with van der Waals surface area (Å²) in [4.78, 5) is 11.1. The molecule has 0 fully saturated rings. The molecule has 0 aliphatic heterocycles. The first-order valence-electron chi connectivity index (χ1n) is 5.56. The Morgan fingerprint density at radius 2 is 2.22 bits per heavy atom. The number of thioether (sulfide) groups is 1. The normalized spacial score (nSPS) is 11.2. The Kier molecular flexibility index (Phi) is 3.05. The Morgan fingerprint density at radius 3 is 3.00 bits per heavy atom. The predicted molar refractivity (Wildman–Crippen MR) is 75.0 cm³/mol. The van der Waals surface area contributed by atoms with Crippen molar-refractivity contribution in [3.05, 3.63) is 35.2 Å². The van der Waals surface area contributed by atoms with Crippen LogP contribution in [0.15, 0.2) is 29.8 Å². The van der Waals surface area contributed by atoms with Gasteiger partial charge in [-0.05, 0) is 25.5 Å². The van der Waals surface area contributed by atoms with Crippen molar-refractivity contribution < 1.29 is 0 Å². The van der Waals surface area contributed by atoms with Crippen molar-refractivity contribution in [2.24, 2.45) is 0 Å². The molecule has 0 bridgehead atoms. The minimum absolute atomic E-state index is 0.771. The standard InChI is InChI=1S/C12H12N4S2/c1-8-9(2)18-12-10(8)11(13-6-14-12)17-7-16-5-3-4-15-16/h3-6H,7H2,1-2H3. The summed E-state index contributed by atoms with van der Waals surface area (Å²) in [5.74, 6) is 0.771. The molecule has 0 spiro atoms. The number of aromatic nitrogens is 4. The number of nitrogens with zero attached hydrogens (tertiary/aromatic N) is 4. The maximum atomic E-state index is 4.40. The quantitative estimate of drug-likeness (QED) is 0.544. The van der Waals surface area contributed by atoms with Gasteiger partial charge in [-0.1, -0.05) is 11.8 Å². The van der Waals surface area contributed by atoms with Crippen molar-refractivity contribution in [1.82, 2.24) is 19.7 Å². The van der Waals surface area contributed by atoms with Gasteiger partial charge in [0.2, 0.25) is 0 Å². The summed E-state index contributed by atoms with van der Waals surface area (Å²) in [6.07, 6.45) is 5.39. The number of hydrogen-bond donors (Lipinski definition) is 0. The lowest BCUT2D eigenvalue weighted by Gasteiger charge is -2.03. The SMILES string of the molecule is Cc1sc2ncnc(SCn3cccn3)c2c1C. The summed E-state index contributed by atoms with van der Waals surface area (Å²) in [6.45, 7) is 4.26. The lowest BCUT2D eigenvalue weighted by Crippen LogP contribution is -1.95. The summed E-state index contributed by atoms with van der Waals surface area (Å²) in [7, 11) is 0. The van der Waals surface area contributed by atoms with Crippen LogP contribution in [0.3, 0.4) is 0 Å². The zero-order valence-electron chi connectivity index (χ0n) is 10.1. The van der Waals surface area contributed by atoms with Crippen LogP contribution in [0, 0.1) is 13.8 Å². The lowest BCUT2D eigenvalue weighted by molar-refractivity contribution is 0.750. The maximum Gasteiger partial charge on any atom is 0.128 e. The molecular formula is C12H12N4S2. The summed E-state index contributed by atoms with van der Waals surface area (Å²) in [6, 6.07) is 1.93. The molecule has 0 aliphatic carbocycles. The van der Waals surface area contributed by atoms with Crippen molar-refractivity contribution in [2.75, 3.05) is 0 Å². The largest absolute Gasteiger partial charge is 0.262 e. The number of fused-ring (bicyclic) bond motifs is 1. The fourth-order valence-corrected chi connectivity index (χ4v) is 3.75. The molecule has 92 valence electrons. The van der Waals surface area contributed by atoms with Crippen molar-refractivity contribution in [1.29, 1.82) is 0 Å². The highest BCUT2D eigenvalue weighted by Crippen LogP contribution is 2.34. The van der Waals surface area contributed by atoms with E-state index in [1.165, 1.54) is 15.8 Å². The van der Waals surface area contributed by atoms with E-state index < -0.39 is 0 Å². The maximum absolute atomic E-state index is 4.40. The molecule has 0 saturated heterocycles. The molecule has 4 nitrogen and oxygen atoms in total. The fraction of sp³-hybridized carbons (Fsp3) is 0.250. The smallest absolute Gasteiger partial charge is 0.128 e. The van der Waals surface area contributed by atoms with Gasteiger partial charge in [0, 0.05) is 22.7 Å². The first kappa shape index (κ1) is 11.7. The third-order valence-corrected chi connectivity index (χ3v) is 4.92. The molecule has 0 amide bonds. The van der Waals surface area contributed by atoms with Gasteiger partial charge in [0.1, 0.15) is 16.2 Å². The van der Waals surface area contributed by atoms with E-state index in [1.54, 1.807) is 35.6 Å². The Bertz CT molecular complexity index is 673. The van der Waals surface area contributed by atoms with E-state index in [9.17, 15) is 0 Å². The summed E-state index contributed by atoms with van der Waals surface area (Å²) < 4.78 is 1.90. The summed E-state index contributed by atoms with van der Waals surface area (Å²) in [5.41, 5.74) is 1.29. The first-order chi connectivity index (χ1) is 8.75. The Balaban J connectivity index is 1.96. The fourth-order valence-electron chi connectivity index (χ4n) is 1.76. The van der Waals surface area contributed by atoms with Crippen LogP contribution in [0.5, 0.6) is 0 Å². The molecule has 3 rings (SSSR count). The van der Waals surface area contributed by atoms with Gasteiger partial charge in [-0.3, -0.25) is 4.68 Å². The van der Waals surface area contributed by atoms with E-state index in [1.807, 2.05) is 16.9 Å². The molecule has 6 heteroatoms. The van der Waals surface area contributed by atoms with Crippen LogP contribution in [0.1, 0.15) is 10.4 Å². The van der Waals surface area contributed by atoms with Crippen molar-refractivity contribution in [2.45, 2.75) is 24.8 Å². The molecule has 0 aromatic carbocycles. The van der Waals surface area contributed by atoms with Gasteiger partial charge < -0.3 is 0 Å². The molecule has 3 aromatic rings. The molecule has 0 N–H and O–H groups in total. The minimum Gasteiger partial charge on any atom is -0.262 e. The molecule has 0 unspecified atom stereocenters. The van der Waals surface area contributed by atoms with E-state index >= 15 is 0 Å². The average Bonchev–Trinajstić information content (AvgIpc) is 2.97. The van der Waals surface area contributed by atoms with E-state index in [4.69, 9.17) is 0 Å². The second-order valence-electron chi connectivity index (χ2n) is 3.96. The molecule has 0 aliphatic rings. The van der Waals surface area contributed by atoms with Crippen LogP contribution in [-0.2, 0) is 5.88 Å². The van der Waals surface area contributed by atoms with Crippen molar-refractivity contribution >= 4 is 33.3 Å². The van der Waals surface area contributed by atoms with Crippen LogP contribution >= 0.6 is 23.1 Å². The average molecular weight is 276 g/mol. The van der Waals surface area contributed by atoms with Crippen LogP contribution in [0.25, 0.3) is 10.2 Å². The Hall–Kier alpha value is -1.40. The number of rotatable bonds is 3. The molecule has 0 saturated carbocycles. The molecule has 0 atom stereocenters. The molecule has 3 heterocycles. The van der Waals surface area contributed by atoms with Crippen LogP contribution in [-0.4, -0.2) is 19.7 Å².